The lowest BCUT2D eigenvalue weighted by molar-refractivity contribution is 0.599. The summed E-state index contributed by atoms with van der Waals surface area (Å²) in [5.74, 6) is -0.125. The van der Waals surface area contributed by atoms with E-state index >= 15 is 0 Å². The average molecular weight is 243 g/mol. The molecule has 5 heteroatoms. The first-order valence-corrected chi connectivity index (χ1v) is 6.67. The van der Waals surface area contributed by atoms with Gasteiger partial charge in [-0.2, -0.15) is 0 Å². The van der Waals surface area contributed by atoms with E-state index in [1.807, 2.05) is 6.92 Å². The summed E-state index contributed by atoms with van der Waals surface area (Å²) < 4.78 is 23.6. The Balaban J connectivity index is 2.81. The number of hydrogen-bond acceptors (Lipinski definition) is 3. The Morgan fingerprint density at radius 2 is 1.93 bits per heavy atom. The van der Waals surface area contributed by atoms with Gasteiger partial charge < -0.3 is 5.32 Å². The predicted octanol–water partition coefficient (Wildman–Crippen LogP) is 1.40. The Morgan fingerprint density at radius 3 is 2.47 bits per heavy atom. The molecule has 0 aromatic heterocycles. The van der Waals surface area contributed by atoms with Crippen LogP contribution in [0.4, 0.5) is 0 Å². The van der Waals surface area contributed by atoms with E-state index in [1.54, 1.807) is 30.3 Å². The van der Waals surface area contributed by atoms with Crippen molar-refractivity contribution in [3.05, 3.63) is 30.3 Å². The molecule has 0 radical (unpaired) electrons. The van der Waals surface area contributed by atoms with Crippen LogP contribution >= 0.6 is 12.2 Å². The normalized spacial score (nSPS) is 11.0. The van der Waals surface area contributed by atoms with Crippen LogP contribution in [0, 0.1) is 0 Å². The van der Waals surface area contributed by atoms with E-state index in [0.717, 1.165) is 0 Å². The van der Waals surface area contributed by atoms with E-state index in [2.05, 4.69) is 5.32 Å². The van der Waals surface area contributed by atoms with Crippen molar-refractivity contribution in [3.8, 4) is 0 Å². The van der Waals surface area contributed by atoms with Gasteiger partial charge in [0, 0.05) is 6.54 Å². The first-order chi connectivity index (χ1) is 7.06. The van der Waals surface area contributed by atoms with Crippen LogP contribution in [0.5, 0.6) is 0 Å². The highest BCUT2D eigenvalue weighted by molar-refractivity contribution is 7.94. The molecule has 0 saturated heterocycles. The summed E-state index contributed by atoms with van der Waals surface area (Å²) in [6.07, 6.45) is 0. The summed E-state index contributed by atoms with van der Waals surface area (Å²) in [5, 5.41) is 2.82. The summed E-state index contributed by atoms with van der Waals surface area (Å²) in [5.41, 5.74) is 0. The van der Waals surface area contributed by atoms with Gasteiger partial charge in [-0.15, -0.1) is 0 Å². The smallest absolute Gasteiger partial charge is 0.184 e. The van der Waals surface area contributed by atoms with Crippen molar-refractivity contribution >= 4 is 27.0 Å². The van der Waals surface area contributed by atoms with Gasteiger partial charge in [0.2, 0.25) is 0 Å². The van der Waals surface area contributed by atoms with Gasteiger partial charge in [0.15, 0.2) is 9.84 Å². The largest absolute Gasteiger partial charge is 0.379 e. The minimum Gasteiger partial charge on any atom is -0.379 e. The molecule has 1 N–H and O–H groups in total. The maximum atomic E-state index is 11.8. The van der Waals surface area contributed by atoms with Gasteiger partial charge in [0.05, 0.1) is 9.88 Å². The molecule has 0 spiro atoms. The number of nitrogens with one attached hydrogen (secondary N) is 1. The van der Waals surface area contributed by atoms with Gasteiger partial charge in [0.1, 0.15) is 5.75 Å². The Hall–Kier alpha value is -0.940. The van der Waals surface area contributed by atoms with Gasteiger partial charge in [-0.1, -0.05) is 30.4 Å². The Morgan fingerprint density at radius 1 is 1.33 bits per heavy atom. The lowest BCUT2D eigenvalue weighted by Gasteiger charge is -2.06. The van der Waals surface area contributed by atoms with Gasteiger partial charge in [-0.3, -0.25) is 0 Å². The second-order valence-corrected chi connectivity index (χ2v) is 5.51. The highest BCUT2D eigenvalue weighted by Gasteiger charge is 2.15. The molecule has 0 heterocycles. The van der Waals surface area contributed by atoms with Crippen LogP contribution in [0.15, 0.2) is 35.2 Å². The van der Waals surface area contributed by atoms with Crippen LogP contribution < -0.4 is 5.32 Å². The number of hydrogen-bond donors (Lipinski definition) is 1. The third kappa shape index (κ3) is 3.60. The molecule has 0 unspecified atom stereocenters. The molecule has 82 valence electrons. The summed E-state index contributed by atoms with van der Waals surface area (Å²) in [7, 11) is -3.29. The third-order valence-electron chi connectivity index (χ3n) is 1.80. The number of thiocarbonyl (C=S) groups is 1. The Kier molecular flexibility index (Phi) is 4.23. The molecular formula is C10H13NO2S2. The summed E-state index contributed by atoms with van der Waals surface area (Å²) in [6.45, 7) is 2.52. The number of benzene rings is 1. The number of sulfone groups is 1. The molecule has 0 aliphatic carbocycles. The van der Waals surface area contributed by atoms with Crippen molar-refractivity contribution in [3.63, 3.8) is 0 Å². The zero-order valence-corrected chi connectivity index (χ0v) is 10.1. The van der Waals surface area contributed by atoms with E-state index in [9.17, 15) is 8.42 Å². The first-order valence-electron chi connectivity index (χ1n) is 4.61. The third-order valence-corrected chi connectivity index (χ3v) is 3.93. The fraction of sp³-hybridized carbons (Fsp3) is 0.300. The highest BCUT2D eigenvalue weighted by Crippen LogP contribution is 2.09. The fourth-order valence-corrected chi connectivity index (χ4v) is 2.93. The van der Waals surface area contributed by atoms with Crippen molar-refractivity contribution in [1.29, 1.82) is 0 Å². The standard InChI is InChI=1S/C10H13NO2S2/c1-2-11-10(14)8-15(12,13)9-6-4-3-5-7-9/h3-7H,2,8H2,1H3,(H,11,14). The minimum atomic E-state index is -3.29. The van der Waals surface area contributed by atoms with Crippen LogP contribution in [0.2, 0.25) is 0 Å². The predicted molar refractivity (Wildman–Crippen MR) is 64.8 cm³/mol. The summed E-state index contributed by atoms with van der Waals surface area (Å²) in [6, 6.07) is 8.32. The molecule has 0 saturated carbocycles. The van der Waals surface area contributed by atoms with Crippen LogP contribution in [-0.2, 0) is 9.84 Å². The first kappa shape index (κ1) is 12.1. The van der Waals surface area contributed by atoms with Gasteiger partial charge in [-0.05, 0) is 19.1 Å². The topological polar surface area (TPSA) is 46.2 Å². The van der Waals surface area contributed by atoms with Gasteiger partial charge in [-0.25, -0.2) is 8.42 Å². The lowest BCUT2D eigenvalue weighted by atomic mass is 10.4. The van der Waals surface area contributed by atoms with Crippen LogP contribution in [-0.4, -0.2) is 25.7 Å². The molecule has 1 aromatic rings. The molecule has 0 atom stereocenters. The molecule has 0 bridgehead atoms. The maximum absolute atomic E-state index is 11.8. The second-order valence-electron chi connectivity index (χ2n) is 3.03. The van der Waals surface area contributed by atoms with E-state index < -0.39 is 9.84 Å². The van der Waals surface area contributed by atoms with Crippen LogP contribution in [0.25, 0.3) is 0 Å². The van der Waals surface area contributed by atoms with Crippen molar-refractivity contribution < 1.29 is 8.42 Å². The van der Waals surface area contributed by atoms with Crippen molar-refractivity contribution in [2.75, 3.05) is 12.3 Å². The zero-order valence-electron chi connectivity index (χ0n) is 8.43. The summed E-state index contributed by atoms with van der Waals surface area (Å²) >= 11 is 4.91. The van der Waals surface area contributed by atoms with Crippen LogP contribution in [0.3, 0.4) is 0 Å². The zero-order chi connectivity index (χ0) is 11.3. The molecule has 1 rings (SSSR count). The van der Waals surface area contributed by atoms with E-state index in [-0.39, 0.29) is 5.75 Å². The van der Waals surface area contributed by atoms with E-state index in [4.69, 9.17) is 12.2 Å². The van der Waals surface area contributed by atoms with E-state index in [1.165, 1.54) is 0 Å². The van der Waals surface area contributed by atoms with Gasteiger partial charge in [0.25, 0.3) is 0 Å². The monoisotopic (exact) mass is 243 g/mol. The average Bonchev–Trinajstić information content (AvgIpc) is 2.18. The fourth-order valence-electron chi connectivity index (χ4n) is 1.13. The molecule has 0 fully saturated rings. The van der Waals surface area contributed by atoms with Crippen molar-refractivity contribution in [1.82, 2.24) is 5.32 Å². The SMILES string of the molecule is CCNC(=S)CS(=O)(=O)c1ccccc1. The highest BCUT2D eigenvalue weighted by atomic mass is 32.2. The molecule has 15 heavy (non-hydrogen) atoms. The maximum Gasteiger partial charge on any atom is 0.184 e. The molecular weight excluding hydrogens is 230 g/mol. The molecule has 3 nitrogen and oxygen atoms in total. The second kappa shape index (κ2) is 5.23. The molecule has 0 amide bonds. The van der Waals surface area contributed by atoms with Gasteiger partial charge >= 0.3 is 0 Å². The Bertz CT molecular complexity index is 426. The lowest BCUT2D eigenvalue weighted by Crippen LogP contribution is -2.28. The van der Waals surface area contributed by atoms with Crippen molar-refractivity contribution in [2.24, 2.45) is 0 Å². The molecule has 0 aliphatic rings. The summed E-state index contributed by atoms with van der Waals surface area (Å²) in [4.78, 5) is 0.673. The minimum absolute atomic E-state index is 0.125. The molecule has 0 aliphatic heterocycles. The molecule has 1 aromatic carbocycles. The number of rotatable bonds is 4. The Labute approximate surface area is 95.4 Å². The van der Waals surface area contributed by atoms with Crippen LogP contribution in [0.1, 0.15) is 6.92 Å². The van der Waals surface area contributed by atoms with Crippen molar-refractivity contribution in [2.45, 2.75) is 11.8 Å². The quantitative estimate of drug-likeness (QED) is 0.812. The van der Waals surface area contributed by atoms with E-state index in [0.29, 0.717) is 16.4 Å².